The molecule has 2 aromatic rings. The maximum absolute atomic E-state index is 12.7. The summed E-state index contributed by atoms with van der Waals surface area (Å²) in [5.74, 6) is 0. The highest BCUT2D eigenvalue weighted by molar-refractivity contribution is 5.54. The standard InChI is InChI=1S/C11H10F3N3O/c12-11(13,14)10-7-9(16-17(10)5-6-18)8-3-1-2-4-15-8/h1-4,7,18H,5-6H2. The number of hydrogen-bond acceptors (Lipinski definition) is 3. The second-order valence-electron chi connectivity index (χ2n) is 3.57. The third-order valence-corrected chi connectivity index (χ3v) is 2.31. The van der Waals surface area contributed by atoms with Gasteiger partial charge in [-0.15, -0.1) is 0 Å². The van der Waals surface area contributed by atoms with Crippen molar-refractivity contribution in [3.63, 3.8) is 0 Å². The van der Waals surface area contributed by atoms with Crippen molar-refractivity contribution in [2.45, 2.75) is 12.7 Å². The Morgan fingerprint density at radius 3 is 2.56 bits per heavy atom. The number of hydrogen-bond donors (Lipinski definition) is 1. The highest BCUT2D eigenvalue weighted by Crippen LogP contribution is 2.31. The first-order valence-corrected chi connectivity index (χ1v) is 5.19. The maximum Gasteiger partial charge on any atom is 0.433 e. The molecule has 0 fully saturated rings. The van der Waals surface area contributed by atoms with Crippen LogP contribution in [0.1, 0.15) is 5.69 Å². The minimum Gasteiger partial charge on any atom is -0.394 e. The summed E-state index contributed by atoms with van der Waals surface area (Å²) in [5, 5.41) is 12.6. The lowest BCUT2D eigenvalue weighted by Gasteiger charge is -2.08. The molecule has 0 unspecified atom stereocenters. The van der Waals surface area contributed by atoms with Crippen molar-refractivity contribution >= 4 is 0 Å². The molecule has 0 amide bonds. The molecule has 2 heterocycles. The molecule has 18 heavy (non-hydrogen) atoms. The van der Waals surface area contributed by atoms with E-state index in [-0.39, 0.29) is 12.2 Å². The molecule has 96 valence electrons. The van der Waals surface area contributed by atoms with Gasteiger partial charge in [0.25, 0.3) is 0 Å². The van der Waals surface area contributed by atoms with Crippen molar-refractivity contribution < 1.29 is 18.3 Å². The molecule has 0 saturated carbocycles. The molecule has 0 atom stereocenters. The van der Waals surface area contributed by atoms with Crippen molar-refractivity contribution in [1.29, 1.82) is 0 Å². The summed E-state index contributed by atoms with van der Waals surface area (Å²) in [6.07, 6.45) is -3.02. The van der Waals surface area contributed by atoms with Crippen molar-refractivity contribution in [3.05, 3.63) is 36.2 Å². The van der Waals surface area contributed by atoms with Crippen molar-refractivity contribution in [2.75, 3.05) is 6.61 Å². The number of nitrogens with zero attached hydrogens (tertiary/aromatic N) is 3. The first-order chi connectivity index (χ1) is 8.52. The van der Waals surface area contributed by atoms with Gasteiger partial charge >= 0.3 is 6.18 Å². The first-order valence-electron chi connectivity index (χ1n) is 5.19. The zero-order valence-corrected chi connectivity index (χ0v) is 9.22. The molecule has 0 aromatic carbocycles. The van der Waals surface area contributed by atoms with Gasteiger partial charge in [0.2, 0.25) is 0 Å². The van der Waals surface area contributed by atoms with Crippen molar-refractivity contribution in [1.82, 2.24) is 14.8 Å². The van der Waals surface area contributed by atoms with E-state index in [4.69, 9.17) is 5.11 Å². The van der Waals surface area contributed by atoms with Crippen LogP contribution in [0.3, 0.4) is 0 Å². The van der Waals surface area contributed by atoms with E-state index in [2.05, 4.69) is 10.1 Å². The van der Waals surface area contributed by atoms with Gasteiger partial charge in [0.15, 0.2) is 0 Å². The molecule has 2 aromatic heterocycles. The van der Waals surface area contributed by atoms with Gasteiger partial charge in [-0.25, -0.2) is 0 Å². The number of rotatable bonds is 3. The van der Waals surface area contributed by atoms with Crippen LogP contribution >= 0.6 is 0 Å². The molecule has 0 aliphatic carbocycles. The largest absolute Gasteiger partial charge is 0.433 e. The zero-order chi connectivity index (χ0) is 13.2. The van der Waals surface area contributed by atoms with Crippen molar-refractivity contribution in [3.8, 4) is 11.4 Å². The highest BCUT2D eigenvalue weighted by atomic mass is 19.4. The Morgan fingerprint density at radius 2 is 2.00 bits per heavy atom. The molecule has 1 N–H and O–H groups in total. The Labute approximate surface area is 101 Å². The quantitative estimate of drug-likeness (QED) is 0.914. The van der Waals surface area contributed by atoms with Crippen LogP contribution in [0.5, 0.6) is 0 Å². The van der Waals surface area contributed by atoms with Gasteiger partial charge in [0.1, 0.15) is 11.4 Å². The summed E-state index contributed by atoms with van der Waals surface area (Å²) in [6, 6.07) is 5.84. The van der Waals surface area contributed by atoms with Gasteiger partial charge in [-0.1, -0.05) is 6.07 Å². The summed E-state index contributed by atoms with van der Waals surface area (Å²) >= 11 is 0. The van der Waals surface area contributed by atoms with Crippen LogP contribution in [-0.4, -0.2) is 26.5 Å². The monoisotopic (exact) mass is 257 g/mol. The lowest BCUT2D eigenvalue weighted by Crippen LogP contribution is -2.16. The number of aliphatic hydroxyl groups excluding tert-OH is 1. The molecule has 0 radical (unpaired) electrons. The number of alkyl halides is 3. The molecule has 0 bridgehead atoms. The van der Waals surface area contributed by atoms with E-state index in [9.17, 15) is 13.2 Å². The molecule has 7 heteroatoms. The Hall–Kier alpha value is -1.89. The minimum atomic E-state index is -4.50. The number of halogens is 3. The summed E-state index contributed by atoms with van der Waals surface area (Å²) in [7, 11) is 0. The van der Waals surface area contributed by atoms with E-state index in [0.29, 0.717) is 5.69 Å². The predicted molar refractivity (Wildman–Crippen MR) is 57.5 cm³/mol. The zero-order valence-electron chi connectivity index (χ0n) is 9.22. The smallest absolute Gasteiger partial charge is 0.394 e. The van der Waals surface area contributed by atoms with E-state index in [1.165, 1.54) is 6.20 Å². The van der Waals surface area contributed by atoms with Crippen LogP contribution < -0.4 is 0 Å². The fraction of sp³-hybridized carbons (Fsp3) is 0.273. The first kappa shape index (κ1) is 12.6. The lowest BCUT2D eigenvalue weighted by molar-refractivity contribution is -0.144. The minimum absolute atomic E-state index is 0.136. The molecular weight excluding hydrogens is 247 g/mol. The summed E-state index contributed by atoms with van der Waals surface area (Å²) in [5.41, 5.74) is -0.395. The second-order valence-corrected chi connectivity index (χ2v) is 3.57. The van der Waals surface area contributed by atoms with Gasteiger partial charge in [-0.3, -0.25) is 9.67 Å². The third kappa shape index (κ3) is 2.51. The van der Waals surface area contributed by atoms with Crippen molar-refractivity contribution in [2.24, 2.45) is 0 Å². The summed E-state index contributed by atoms with van der Waals surface area (Å²) in [4.78, 5) is 3.94. The highest BCUT2D eigenvalue weighted by Gasteiger charge is 2.35. The van der Waals surface area contributed by atoms with E-state index in [0.717, 1.165) is 10.7 Å². The normalized spacial score (nSPS) is 11.8. The average Bonchev–Trinajstić information content (AvgIpc) is 2.75. The van der Waals surface area contributed by atoms with Gasteiger partial charge < -0.3 is 5.11 Å². The SMILES string of the molecule is OCCn1nc(-c2ccccn2)cc1C(F)(F)F. The lowest BCUT2D eigenvalue weighted by atomic mass is 10.2. The molecule has 0 saturated heterocycles. The van der Waals surface area contributed by atoms with E-state index in [1.807, 2.05) is 0 Å². The fourth-order valence-electron chi connectivity index (χ4n) is 1.55. The van der Waals surface area contributed by atoms with Gasteiger partial charge in [0.05, 0.1) is 18.8 Å². The second kappa shape index (κ2) is 4.77. The molecule has 4 nitrogen and oxygen atoms in total. The fourth-order valence-corrected chi connectivity index (χ4v) is 1.55. The Kier molecular flexibility index (Phi) is 3.33. The van der Waals surface area contributed by atoms with E-state index < -0.39 is 18.5 Å². The Bertz CT molecular complexity index is 522. The topological polar surface area (TPSA) is 50.9 Å². The average molecular weight is 257 g/mol. The third-order valence-electron chi connectivity index (χ3n) is 2.31. The maximum atomic E-state index is 12.7. The predicted octanol–water partition coefficient (Wildman–Crippen LogP) is 1.96. The van der Waals surface area contributed by atoms with Crippen LogP contribution in [0.15, 0.2) is 30.5 Å². The number of pyridine rings is 1. The van der Waals surface area contributed by atoms with Gasteiger partial charge in [-0.2, -0.15) is 18.3 Å². The van der Waals surface area contributed by atoms with Gasteiger partial charge in [0, 0.05) is 6.20 Å². The summed E-state index contributed by atoms with van der Waals surface area (Å²) < 4.78 is 39.0. The molecule has 0 aliphatic rings. The van der Waals surface area contributed by atoms with Crippen LogP contribution in [0, 0.1) is 0 Å². The van der Waals surface area contributed by atoms with Crippen LogP contribution in [0.2, 0.25) is 0 Å². The number of aliphatic hydroxyl groups is 1. The molecular formula is C11H10F3N3O. The van der Waals surface area contributed by atoms with Crippen LogP contribution in [0.4, 0.5) is 13.2 Å². The van der Waals surface area contributed by atoms with Crippen LogP contribution in [-0.2, 0) is 12.7 Å². The van der Waals surface area contributed by atoms with E-state index >= 15 is 0 Å². The Morgan fingerprint density at radius 1 is 1.22 bits per heavy atom. The molecule has 0 spiro atoms. The molecule has 2 rings (SSSR count). The van der Waals surface area contributed by atoms with Gasteiger partial charge in [-0.05, 0) is 18.2 Å². The van der Waals surface area contributed by atoms with Crippen LogP contribution in [0.25, 0.3) is 11.4 Å². The number of aromatic nitrogens is 3. The Balaban J connectivity index is 2.46. The van der Waals surface area contributed by atoms with E-state index in [1.54, 1.807) is 18.2 Å². The summed E-state index contributed by atoms with van der Waals surface area (Å²) in [6.45, 7) is -0.617. The molecule has 0 aliphatic heterocycles.